The van der Waals surface area contributed by atoms with Crippen LogP contribution < -0.4 is 5.56 Å². The molecular formula is C15H12N2O. The summed E-state index contributed by atoms with van der Waals surface area (Å²) in [6.45, 7) is 2.04. The van der Waals surface area contributed by atoms with E-state index in [0.29, 0.717) is 5.39 Å². The van der Waals surface area contributed by atoms with Crippen LogP contribution >= 0.6 is 0 Å². The van der Waals surface area contributed by atoms with E-state index in [0.717, 1.165) is 16.8 Å². The van der Waals surface area contributed by atoms with Crippen molar-refractivity contribution in [3.63, 3.8) is 0 Å². The molecule has 1 aromatic heterocycles. The third kappa shape index (κ3) is 1.61. The summed E-state index contributed by atoms with van der Waals surface area (Å²) in [6.07, 6.45) is 1.59. The molecule has 2 aromatic carbocycles. The quantitative estimate of drug-likeness (QED) is 0.651. The van der Waals surface area contributed by atoms with Crippen molar-refractivity contribution < 1.29 is 0 Å². The molecule has 3 heteroatoms. The van der Waals surface area contributed by atoms with Crippen molar-refractivity contribution in [1.29, 1.82) is 0 Å². The van der Waals surface area contributed by atoms with Gasteiger partial charge in [0.15, 0.2) is 0 Å². The second-order valence-electron chi connectivity index (χ2n) is 4.22. The summed E-state index contributed by atoms with van der Waals surface area (Å²) in [5.74, 6) is 0. The Labute approximate surface area is 104 Å². The lowest BCUT2D eigenvalue weighted by molar-refractivity contribution is 1.00. The lowest BCUT2D eigenvalue weighted by Gasteiger charge is -2.12. The van der Waals surface area contributed by atoms with Crippen molar-refractivity contribution >= 4 is 10.9 Å². The van der Waals surface area contributed by atoms with Gasteiger partial charge in [-0.25, -0.2) is 0 Å². The number of hydrogen-bond acceptors (Lipinski definition) is 2. The zero-order valence-corrected chi connectivity index (χ0v) is 10.00. The molecule has 0 aliphatic heterocycles. The van der Waals surface area contributed by atoms with Gasteiger partial charge in [0.05, 0.1) is 10.9 Å². The minimum atomic E-state index is -0.185. The van der Waals surface area contributed by atoms with Crippen LogP contribution in [0.15, 0.2) is 59.7 Å². The van der Waals surface area contributed by atoms with Gasteiger partial charge in [0.1, 0.15) is 6.33 Å². The fraction of sp³-hybridized carbons (Fsp3) is 0.0667. The fourth-order valence-electron chi connectivity index (χ4n) is 2.13. The summed E-state index contributed by atoms with van der Waals surface area (Å²) < 4.78 is 1.95. The van der Waals surface area contributed by atoms with E-state index >= 15 is 0 Å². The Morgan fingerprint density at radius 3 is 2.56 bits per heavy atom. The first kappa shape index (κ1) is 10.7. The minimum absolute atomic E-state index is 0.185. The smallest absolute Gasteiger partial charge is 0.280 e. The maximum absolute atomic E-state index is 11.7. The standard InChI is InChI=1S/C15H12N2O/c1-11-6-2-4-8-13(11)17-10-16-15(18)12-7-3-5-9-14(12)17/h2-10H,1H3. The van der Waals surface area contributed by atoms with Crippen molar-refractivity contribution in [2.45, 2.75) is 6.92 Å². The maximum atomic E-state index is 11.7. The molecule has 0 bridgehead atoms. The van der Waals surface area contributed by atoms with Gasteiger partial charge >= 0.3 is 0 Å². The van der Waals surface area contributed by atoms with Gasteiger partial charge in [0.2, 0.25) is 0 Å². The molecule has 0 aliphatic rings. The van der Waals surface area contributed by atoms with Crippen LogP contribution in [0.2, 0.25) is 0 Å². The van der Waals surface area contributed by atoms with Crippen molar-refractivity contribution in [3.8, 4) is 5.69 Å². The Bertz CT molecular complexity index is 775. The van der Waals surface area contributed by atoms with Gasteiger partial charge < -0.3 is 0 Å². The molecule has 18 heavy (non-hydrogen) atoms. The van der Waals surface area contributed by atoms with E-state index in [1.807, 2.05) is 54.0 Å². The van der Waals surface area contributed by atoms with Crippen molar-refractivity contribution in [1.82, 2.24) is 9.55 Å². The third-order valence-corrected chi connectivity index (χ3v) is 3.06. The lowest BCUT2D eigenvalue weighted by Crippen LogP contribution is -2.11. The Balaban J connectivity index is 2.41. The molecule has 0 aliphatic carbocycles. The largest absolute Gasteiger partial charge is 0.300 e. The van der Waals surface area contributed by atoms with Gasteiger partial charge in [-0.15, -0.1) is 0 Å². The number of nitrogens with zero attached hydrogens (tertiary/aromatic N) is 2. The van der Waals surface area contributed by atoms with Crippen LogP contribution in [0.25, 0.3) is 16.6 Å². The summed E-state index contributed by atoms with van der Waals surface area (Å²) in [6, 6.07) is 15.6. The van der Waals surface area contributed by atoms with Gasteiger partial charge in [0, 0.05) is 5.69 Å². The SMILES string of the molecule is Cc1ccccc1-n1cnc(=O)c2ccccc21. The van der Waals surface area contributed by atoms with E-state index in [4.69, 9.17) is 0 Å². The predicted octanol–water partition coefficient (Wildman–Crippen LogP) is 2.69. The molecule has 0 atom stereocenters. The van der Waals surface area contributed by atoms with Crippen LogP contribution in [0.4, 0.5) is 0 Å². The summed E-state index contributed by atoms with van der Waals surface area (Å²) in [4.78, 5) is 15.7. The number of rotatable bonds is 1. The predicted molar refractivity (Wildman–Crippen MR) is 72.1 cm³/mol. The highest BCUT2D eigenvalue weighted by molar-refractivity contribution is 5.79. The molecule has 0 spiro atoms. The van der Waals surface area contributed by atoms with Gasteiger partial charge in [-0.1, -0.05) is 30.3 Å². The molecule has 3 rings (SSSR count). The average Bonchev–Trinajstić information content (AvgIpc) is 2.41. The summed E-state index contributed by atoms with van der Waals surface area (Å²) in [5.41, 5.74) is 2.89. The molecule has 0 radical (unpaired) electrons. The van der Waals surface area contributed by atoms with Crippen LogP contribution in [0, 0.1) is 6.92 Å². The molecule has 3 nitrogen and oxygen atoms in total. The van der Waals surface area contributed by atoms with Gasteiger partial charge in [-0.2, -0.15) is 4.98 Å². The highest BCUT2D eigenvalue weighted by Gasteiger charge is 2.06. The first-order valence-electron chi connectivity index (χ1n) is 5.80. The highest BCUT2D eigenvalue weighted by Crippen LogP contribution is 2.17. The van der Waals surface area contributed by atoms with E-state index in [2.05, 4.69) is 4.98 Å². The van der Waals surface area contributed by atoms with Crippen LogP contribution in [-0.4, -0.2) is 9.55 Å². The number of aryl methyl sites for hydroxylation is 1. The van der Waals surface area contributed by atoms with Crippen LogP contribution in [0.5, 0.6) is 0 Å². The summed E-state index contributed by atoms with van der Waals surface area (Å²) in [5, 5.41) is 0.642. The minimum Gasteiger partial charge on any atom is -0.300 e. The Morgan fingerprint density at radius 1 is 1.00 bits per heavy atom. The zero-order valence-electron chi connectivity index (χ0n) is 10.00. The summed E-state index contributed by atoms with van der Waals surface area (Å²) >= 11 is 0. The molecule has 0 N–H and O–H groups in total. The third-order valence-electron chi connectivity index (χ3n) is 3.06. The van der Waals surface area contributed by atoms with E-state index in [1.54, 1.807) is 12.4 Å². The van der Waals surface area contributed by atoms with Crippen molar-refractivity contribution in [2.75, 3.05) is 0 Å². The molecule has 0 fully saturated rings. The topological polar surface area (TPSA) is 34.9 Å². The highest BCUT2D eigenvalue weighted by atomic mass is 16.1. The van der Waals surface area contributed by atoms with E-state index < -0.39 is 0 Å². The lowest BCUT2D eigenvalue weighted by atomic mass is 10.2. The first-order valence-corrected chi connectivity index (χ1v) is 5.80. The van der Waals surface area contributed by atoms with Crippen LogP contribution in [0.1, 0.15) is 5.56 Å². The number of fused-ring (bicyclic) bond motifs is 1. The monoisotopic (exact) mass is 236 g/mol. The Kier molecular flexibility index (Phi) is 2.45. The fourth-order valence-corrected chi connectivity index (χ4v) is 2.13. The number of aromatic nitrogens is 2. The second-order valence-corrected chi connectivity index (χ2v) is 4.22. The molecule has 1 heterocycles. The van der Waals surface area contributed by atoms with Gasteiger partial charge in [-0.05, 0) is 30.7 Å². The normalized spacial score (nSPS) is 10.7. The average molecular weight is 236 g/mol. The maximum Gasteiger partial charge on any atom is 0.280 e. The Hall–Kier alpha value is -2.42. The Morgan fingerprint density at radius 2 is 1.72 bits per heavy atom. The summed E-state index contributed by atoms with van der Waals surface area (Å²) in [7, 11) is 0. The molecular weight excluding hydrogens is 224 g/mol. The molecule has 0 amide bonds. The van der Waals surface area contributed by atoms with Crippen molar-refractivity contribution in [3.05, 3.63) is 70.8 Å². The second kappa shape index (κ2) is 4.11. The number of hydrogen-bond donors (Lipinski definition) is 0. The van der Waals surface area contributed by atoms with E-state index in [-0.39, 0.29) is 5.56 Å². The molecule has 0 unspecified atom stereocenters. The number of para-hydroxylation sites is 2. The number of benzene rings is 2. The molecule has 0 saturated carbocycles. The van der Waals surface area contributed by atoms with E-state index in [9.17, 15) is 4.79 Å². The molecule has 0 saturated heterocycles. The van der Waals surface area contributed by atoms with Gasteiger partial charge in [0.25, 0.3) is 5.56 Å². The first-order chi connectivity index (χ1) is 8.77. The molecule has 3 aromatic rings. The van der Waals surface area contributed by atoms with Crippen molar-refractivity contribution in [2.24, 2.45) is 0 Å². The molecule has 88 valence electrons. The van der Waals surface area contributed by atoms with Gasteiger partial charge in [-0.3, -0.25) is 9.36 Å². The van der Waals surface area contributed by atoms with Crippen LogP contribution in [-0.2, 0) is 0 Å². The zero-order chi connectivity index (χ0) is 12.5. The van der Waals surface area contributed by atoms with E-state index in [1.165, 1.54) is 0 Å². The van der Waals surface area contributed by atoms with Crippen LogP contribution in [0.3, 0.4) is 0 Å².